The number of benzene rings is 2. The molecule has 0 amide bonds. The Morgan fingerprint density at radius 2 is 1.12 bits per heavy atom. The molecule has 2 rings (SSSR count). The topological polar surface area (TPSA) is 18.5 Å². The van der Waals surface area contributed by atoms with E-state index in [1.54, 1.807) is 0 Å². The summed E-state index contributed by atoms with van der Waals surface area (Å²) in [6, 6.07) is 16.8. The summed E-state index contributed by atoms with van der Waals surface area (Å²) in [5.41, 5.74) is 2.66. The normalized spacial score (nSPS) is 12.9. The standard InChI is InChI=1S/C24H34O2/c1-18-9-13-20(14-10-18)24(7,8)26-23(5,6)17-22(3,4)25-21-15-11-19(2)12-16-21/h9-16H,17H2,1-8H3. The highest BCUT2D eigenvalue weighted by atomic mass is 16.5. The highest BCUT2D eigenvalue weighted by Crippen LogP contribution is 2.35. The molecule has 142 valence electrons. The van der Waals surface area contributed by atoms with Crippen LogP contribution in [0.4, 0.5) is 0 Å². The minimum absolute atomic E-state index is 0.331. The van der Waals surface area contributed by atoms with Crippen molar-refractivity contribution in [3.05, 3.63) is 65.2 Å². The second kappa shape index (κ2) is 7.44. The first-order valence-electron chi connectivity index (χ1n) is 9.42. The molecule has 26 heavy (non-hydrogen) atoms. The molecule has 0 saturated carbocycles. The summed E-state index contributed by atoms with van der Waals surface area (Å²) in [4.78, 5) is 0. The number of hydrogen-bond donors (Lipinski definition) is 0. The fourth-order valence-electron chi connectivity index (χ4n) is 3.73. The van der Waals surface area contributed by atoms with Crippen molar-refractivity contribution in [1.29, 1.82) is 0 Å². The van der Waals surface area contributed by atoms with Gasteiger partial charge in [0.15, 0.2) is 0 Å². The average molecular weight is 355 g/mol. The third kappa shape index (κ3) is 5.88. The molecule has 0 unspecified atom stereocenters. The van der Waals surface area contributed by atoms with Crippen LogP contribution in [0.15, 0.2) is 48.5 Å². The fourth-order valence-corrected chi connectivity index (χ4v) is 3.73. The van der Waals surface area contributed by atoms with Crippen molar-refractivity contribution in [1.82, 2.24) is 0 Å². The van der Waals surface area contributed by atoms with E-state index in [0.29, 0.717) is 0 Å². The Morgan fingerprint density at radius 3 is 1.62 bits per heavy atom. The van der Waals surface area contributed by atoms with Gasteiger partial charge in [0, 0.05) is 6.42 Å². The van der Waals surface area contributed by atoms with E-state index in [4.69, 9.17) is 9.47 Å². The number of hydrogen-bond acceptors (Lipinski definition) is 2. The van der Waals surface area contributed by atoms with Crippen molar-refractivity contribution >= 4 is 0 Å². The Morgan fingerprint density at radius 1 is 0.654 bits per heavy atom. The molecular formula is C24H34O2. The summed E-state index contributed by atoms with van der Waals surface area (Å²) in [7, 11) is 0. The van der Waals surface area contributed by atoms with Gasteiger partial charge in [0.1, 0.15) is 11.4 Å². The molecule has 0 aromatic heterocycles. The quantitative estimate of drug-likeness (QED) is 0.559. The summed E-state index contributed by atoms with van der Waals surface area (Å²) in [6.45, 7) is 17.0. The first kappa shape index (κ1) is 20.5. The summed E-state index contributed by atoms with van der Waals surface area (Å²) in [5.74, 6) is 0.897. The summed E-state index contributed by atoms with van der Waals surface area (Å²) in [5, 5.41) is 0. The van der Waals surface area contributed by atoms with Gasteiger partial charge in [-0.05, 0) is 73.1 Å². The lowest BCUT2D eigenvalue weighted by molar-refractivity contribution is -0.149. The smallest absolute Gasteiger partial charge is 0.120 e. The second-order valence-corrected chi connectivity index (χ2v) is 9.09. The van der Waals surface area contributed by atoms with Gasteiger partial charge in [-0.15, -0.1) is 0 Å². The van der Waals surface area contributed by atoms with Gasteiger partial charge in [-0.25, -0.2) is 0 Å². The highest BCUT2D eigenvalue weighted by Gasteiger charge is 2.36. The van der Waals surface area contributed by atoms with Gasteiger partial charge >= 0.3 is 0 Å². The largest absolute Gasteiger partial charge is 0.488 e. The molecule has 2 heteroatoms. The maximum atomic E-state index is 6.56. The van der Waals surface area contributed by atoms with Crippen LogP contribution in [-0.4, -0.2) is 11.2 Å². The predicted molar refractivity (Wildman–Crippen MR) is 110 cm³/mol. The van der Waals surface area contributed by atoms with Crippen molar-refractivity contribution in [2.45, 2.75) is 78.6 Å². The molecule has 0 atom stereocenters. The summed E-state index contributed by atoms with van der Waals surface area (Å²) < 4.78 is 12.8. The third-order valence-corrected chi connectivity index (χ3v) is 4.54. The van der Waals surface area contributed by atoms with Crippen LogP contribution in [0.5, 0.6) is 5.75 Å². The minimum atomic E-state index is -0.364. The lowest BCUT2D eigenvalue weighted by Gasteiger charge is -2.41. The SMILES string of the molecule is Cc1ccc(OC(C)(C)CC(C)(C)OC(C)(C)c2ccc(C)cc2)cc1. The molecular weight excluding hydrogens is 320 g/mol. The molecule has 0 bridgehead atoms. The molecule has 0 aliphatic carbocycles. The van der Waals surface area contributed by atoms with Gasteiger partial charge in [-0.2, -0.15) is 0 Å². The third-order valence-electron chi connectivity index (χ3n) is 4.54. The monoisotopic (exact) mass is 354 g/mol. The van der Waals surface area contributed by atoms with Crippen LogP contribution in [0.2, 0.25) is 0 Å². The Kier molecular flexibility index (Phi) is 5.87. The molecule has 0 aliphatic rings. The lowest BCUT2D eigenvalue weighted by Crippen LogP contribution is -2.43. The molecule has 0 fully saturated rings. The average Bonchev–Trinajstić information content (AvgIpc) is 2.47. The Hall–Kier alpha value is -1.80. The van der Waals surface area contributed by atoms with E-state index in [-0.39, 0.29) is 16.8 Å². The van der Waals surface area contributed by atoms with Gasteiger partial charge in [-0.1, -0.05) is 47.5 Å². The molecule has 0 spiro atoms. The minimum Gasteiger partial charge on any atom is -0.488 e. The van der Waals surface area contributed by atoms with Crippen molar-refractivity contribution in [2.24, 2.45) is 0 Å². The summed E-state index contributed by atoms with van der Waals surface area (Å²) >= 11 is 0. The van der Waals surface area contributed by atoms with Gasteiger partial charge in [-0.3, -0.25) is 0 Å². The zero-order chi connectivity index (χ0) is 19.6. The summed E-state index contributed by atoms with van der Waals surface area (Å²) in [6.07, 6.45) is 0.781. The Bertz CT molecular complexity index is 707. The highest BCUT2D eigenvalue weighted by molar-refractivity contribution is 5.27. The van der Waals surface area contributed by atoms with E-state index >= 15 is 0 Å². The van der Waals surface area contributed by atoms with Gasteiger partial charge < -0.3 is 9.47 Å². The fraction of sp³-hybridized carbons (Fsp3) is 0.500. The first-order valence-corrected chi connectivity index (χ1v) is 9.42. The van der Waals surface area contributed by atoms with E-state index in [0.717, 1.165) is 12.2 Å². The van der Waals surface area contributed by atoms with Crippen molar-refractivity contribution in [2.75, 3.05) is 0 Å². The number of ether oxygens (including phenoxy) is 2. The van der Waals surface area contributed by atoms with Crippen LogP contribution in [0.3, 0.4) is 0 Å². The van der Waals surface area contributed by atoms with E-state index in [1.165, 1.54) is 16.7 Å². The molecule has 0 N–H and O–H groups in total. The van der Waals surface area contributed by atoms with Crippen LogP contribution >= 0.6 is 0 Å². The van der Waals surface area contributed by atoms with Gasteiger partial charge in [0.05, 0.1) is 11.2 Å². The van der Waals surface area contributed by atoms with E-state index in [9.17, 15) is 0 Å². The number of rotatable bonds is 7. The zero-order valence-corrected chi connectivity index (χ0v) is 17.6. The molecule has 2 aromatic carbocycles. The number of aryl methyl sites for hydroxylation is 2. The van der Waals surface area contributed by atoms with Crippen LogP contribution in [0.1, 0.15) is 64.7 Å². The second-order valence-electron chi connectivity index (χ2n) is 9.09. The zero-order valence-electron chi connectivity index (χ0n) is 17.6. The van der Waals surface area contributed by atoms with Crippen molar-refractivity contribution in [3.63, 3.8) is 0 Å². The lowest BCUT2D eigenvalue weighted by atomic mass is 9.89. The van der Waals surface area contributed by atoms with E-state index in [2.05, 4.69) is 91.8 Å². The van der Waals surface area contributed by atoms with Crippen LogP contribution in [0, 0.1) is 13.8 Å². The van der Waals surface area contributed by atoms with Crippen molar-refractivity contribution in [3.8, 4) is 5.75 Å². The van der Waals surface area contributed by atoms with E-state index < -0.39 is 0 Å². The predicted octanol–water partition coefficient (Wildman–Crippen LogP) is 6.58. The molecule has 0 radical (unpaired) electrons. The maximum absolute atomic E-state index is 6.56. The first-order chi connectivity index (χ1) is 11.9. The van der Waals surface area contributed by atoms with Gasteiger partial charge in [0.2, 0.25) is 0 Å². The van der Waals surface area contributed by atoms with Gasteiger partial charge in [0.25, 0.3) is 0 Å². The maximum Gasteiger partial charge on any atom is 0.120 e. The molecule has 0 saturated heterocycles. The molecule has 2 nitrogen and oxygen atoms in total. The molecule has 0 aliphatic heterocycles. The van der Waals surface area contributed by atoms with Crippen LogP contribution in [-0.2, 0) is 10.3 Å². The van der Waals surface area contributed by atoms with Crippen LogP contribution in [0.25, 0.3) is 0 Å². The molecule has 2 aromatic rings. The van der Waals surface area contributed by atoms with Crippen LogP contribution < -0.4 is 4.74 Å². The molecule has 0 heterocycles. The Labute approximate surface area is 159 Å². The Balaban J connectivity index is 2.08. The van der Waals surface area contributed by atoms with Crippen molar-refractivity contribution < 1.29 is 9.47 Å². The van der Waals surface area contributed by atoms with E-state index in [1.807, 2.05) is 12.1 Å².